The van der Waals surface area contributed by atoms with Crippen molar-refractivity contribution in [3.8, 4) is 11.8 Å². The van der Waals surface area contributed by atoms with Gasteiger partial charge in [0.05, 0.1) is 0 Å². The molecule has 0 radical (unpaired) electrons. The Hall–Kier alpha value is -1.83. The maximum Gasteiger partial charge on any atom is 0.422 e. The first-order valence-corrected chi connectivity index (χ1v) is 11.0. The highest BCUT2D eigenvalue weighted by atomic mass is 19.4. The molecule has 2 fully saturated rings. The SMILES string of the molecule is CC[C@H]1CC[C@H]([C@H]2CC[C@H](C=CC#Cc3cc(F)c(C(F)(F)F)c(F)c3)CC2)CC1. The molecule has 0 amide bonds. The molecule has 2 aliphatic rings. The Bertz CT molecular complexity index is 772. The predicted molar refractivity (Wildman–Crippen MR) is 109 cm³/mol. The molecule has 0 heterocycles. The van der Waals surface area contributed by atoms with Crippen LogP contribution in [0.15, 0.2) is 24.3 Å². The van der Waals surface area contributed by atoms with E-state index in [2.05, 4.69) is 18.8 Å². The van der Waals surface area contributed by atoms with E-state index in [1.807, 2.05) is 6.08 Å². The Balaban J connectivity index is 1.50. The third-order valence-electron chi connectivity index (χ3n) is 6.95. The van der Waals surface area contributed by atoms with E-state index in [9.17, 15) is 22.0 Å². The summed E-state index contributed by atoms with van der Waals surface area (Å²) in [6.45, 7) is 2.29. The van der Waals surface area contributed by atoms with E-state index in [0.29, 0.717) is 18.1 Å². The molecule has 3 rings (SSSR count). The van der Waals surface area contributed by atoms with Gasteiger partial charge in [0, 0.05) is 5.56 Å². The van der Waals surface area contributed by atoms with Crippen LogP contribution in [0.4, 0.5) is 22.0 Å². The minimum atomic E-state index is -5.06. The summed E-state index contributed by atoms with van der Waals surface area (Å²) in [4.78, 5) is 0. The van der Waals surface area contributed by atoms with Gasteiger partial charge in [-0.25, -0.2) is 8.78 Å². The van der Waals surface area contributed by atoms with Crippen LogP contribution in [0.25, 0.3) is 0 Å². The number of hydrogen-bond donors (Lipinski definition) is 0. The normalized spacial score (nSPS) is 27.7. The zero-order valence-electron chi connectivity index (χ0n) is 17.4. The van der Waals surface area contributed by atoms with Crippen molar-refractivity contribution in [2.75, 3.05) is 0 Å². The van der Waals surface area contributed by atoms with Gasteiger partial charge in [0.2, 0.25) is 0 Å². The van der Waals surface area contributed by atoms with E-state index in [1.165, 1.54) is 44.9 Å². The molecule has 0 spiro atoms. The highest BCUT2D eigenvalue weighted by Crippen LogP contribution is 2.42. The Morgan fingerprint density at radius 1 is 0.900 bits per heavy atom. The van der Waals surface area contributed by atoms with Crippen molar-refractivity contribution in [2.45, 2.75) is 70.9 Å². The highest BCUT2D eigenvalue weighted by Gasteiger charge is 2.37. The standard InChI is InChI=1S/C25H29F5/c1-2-17-7-11-20(12-8-17)21-13-9-18(10-14-21)5-3-4-6-19-15-22(26)24(23(27)16-19)25(28,29)30/h3,5,15-18,20-21H,2,7-14H2,1H3/t17-,18-,20-,21-. The number of alkyl halides is 3. The summed E-state index contributed by atoms with van der Waals surface area (Å²) in [5.74, 6) is 5.04. The van der Waals surface area contributed by atoms with E-state index in [0.717, 1.165) is 30.6 Å². The summed E-state index contributed by atoms with van der Waals surface area (Å²) in [6, 6.07) is 1.26. The van der Waals surface area contributed by atoms with Gasteiger partial charge in [0.15, 0.2) is 0 Å². The van der Waals surface area contributed by atoms with Crippen LogP contribution in [0.3, 0.4) is 0 Å². The number of rotatable bonds is 3. The summed E-state index contributed by atoms with van der Waals surface area (Å²) < 4.78 is 65.0. The molecule has 164 valence electrons. The Morgan fingerprint density at radius 2 is 1.43 bits per heavy atom. The maximum atomic E-state index is 13.6. The zero-order chi connectivity index (χ0) is 21.7. The molecule has 0 bridgehead atoms. The average Bonchev–Trinajstić information content (AvgIpc) is 2.70. The van der Waals surface area contributed by atoms with Crippen molar-refractivity contribution in [3.63, 3.8) is 0 Å². The summed E-state index contributed by atoms with van der Waals surface area (Å²) in [5, 5.41) is 0. The second kappa shape index (κ2) is 9.98. The zero-order valence-corrected chi connectivity index (χ0v) is 17.4. The van der Waals surface area contributed by atoms with Gasteiger partial charge in [-0.05, 0) is 80.4 Å². The molecule has 5 heteroatoms. The quantitative estimate of drug-likeness (QED) is 0.342. The van der Waals surface area contributed by atoms with Gasteiger partial charge in [-0.15, -0.1) is 0 Å². The van der Waals surface area contributed by atoms with Crippen LogP contribution < -0.4 is 0 Å². The van der Waals surface area contributed by atoms with Crippen LogP contribution in [0.2, 0.25) is 0 Å². The average molecular weight is 424 g/mol. The molecular formula is C25H29F5. The van der Waals surface area contributed by atoms with Crippen molar-refractivity contribution >= 4 is 0 Å². The lowest BCUT2D eigenvalue weighted by Gasteiger charge is -2.37. The fourth-order valence-electron chi connectivity index (χ4n) is 5.10. The Kier molecular flexibility index (Phi) is 7.60. The third kappa shape index (κ3) is 5.86. The highest BCUT2D eigenvalue weighted by molar-refractivity contribution is 5.40. The van der Waals surface area contributed by atoms with Crippen molar-refractivity contribution in [2.24, 2.45) is 23.7 Å². The number of allylic oxidation sites excluding steroid dienone is 2. The summed E-state index contributed by atoms with van der Waals surface area (Å²) >= 11 is 0. The summed E-state index contributed by atoms with van der Waals surface area (Å²) in [7, 11) is 0. The molecule has 2 aliphatic carbocycles. The monoisotopic (exact) mass is 424 g/mol. The molecule has 0 saturated heterocycles. The second-order valence-corrected chi connectivity index (χ2v) is 8.81. The van der Waals surface area contributed by atoms with E-state index in [4.69, 9.17) is 0 Å². The first-order valence-electron chi connectivity index (χ1n) is 11.0. The van der Waals surface area contributed by atoms with Gasteiger partial charge in [-0.2, -0.15) is 13.2 Å². The summed E-state index contributed by atoms with van der Waals surface area (Å²) in [6.07, 6.45) is 10.1. The van der Waals surface area contributed by atoms with Crippen LogP contribution in [0.5, 0.6) is 0 Å². The molecule has 0 unspecified atom stereocenters. The smallest absolute Gasteiger partial charge is 0.206 e. The van der Waals surface area contributed by atoms with E-state index < -0.39 is 23.4 Å². The number of hydrogen-bond acceptors (Lipinski definition) is 0. The van der Waals surface area contributed by atoms with Crippen molar-refractivity contribution in [1.29, 1.82) is 0 Å². The molecule has 1 aromatic carbocycles. The molecule has 2 saturated carbocycles. The maximum absolute atomic E-state index is 13.6. The molecule has 0 aromatic heterocycles. The van der Waals surface area contributed by atoms with Gasteiger partial charge in [-0.3, -0.25) is 0 Å². The van der Waals surface area contributed by atoms with Crippen LogP contribution in [0, 0.1) is 47.1 Å². The third-order valence-corrected chi connectivity index (χ3v) is 6.95. The van der Waals surface area contributed by atoms with E-state index in [-0.39, 0.29) is 5.56 Å². The fraction of sp³-hybridized carbons (Fsp3) is 0.600. The first-order chi connectivity index (χ1) is 14.3. The molecule has 30 heavy (non-hydrogen) atoms. The lowest BCUT2D eigenvalue weighted by molar-refractivity contribution is -0.142. The van der Waals surface area contributed by atoms with Crippen molar-refractivity contribution < 1.29 is 22.0 Å². The lowest BCUT2D eigenvalue weighted by atomic mass is 9.69. The van der Waals surface area contributed by atoms with Gasteiger partial charge in [0.1, 0.15) is 17.2 Å². The summed E-state index contributed by atoms with van der Waals surface area (Å²) in [5.41, 5.74) is -1.97. The lowest BCUT2D eigenvalue weighted by Crippen LogP contribution is -2.25. The minimum Gasteiger partial charge on any atom is -0.206 e. The van der Waals surface area contributed by atoms with Gasteiger partial charge < -0.3 is 0 Å². The Labute approximate surface area is 175 Å². The predicted octanol–water partition coefficient (Wildman–Crippen LogP) is 7.91. The van der Waals surface area contributed by atoms with Crippen LogP contribution in [0.1, 0.15) is 75.8 Å². The van der Waals surface area contributed by atoms with E-state index in [1.54, 1.807) is 6.08 Å². The van der Waals surface area contributed by atoms with Crippen molar-refractivity contribution in [1.82, 2.24) is 0 Å². The van der Waals surface area contributed by atoms with E-state index >= 15 is 0 Å². The molecular weight excluding hydrogens is 395 g/mol. The van der Waals surface area contributed by atoms with Gasteiger partial charge >= 0.3 is 6.18 Å². The second-order valence-electron chi connectivity index (χ2n) is 8.81. The van der Waals surface area contributed by atoms with Gasteiger partial charge in [-0.1, -0.05) is 44.1 Å². The molecule has 1 aromatic rings. The Morgan fingerprint density at radius 3 is 1.93 bits per heavy atom. The minimum absolute atomic E-state index is 0.103. The molecule has 0 nitrogen and oxygen atoms in total. The van der Waals surface area contributed by atoms with Crippen LogP contribution >= 0.6 is 0 Å². The molecule has 0 N–H and O–H groups in total. The fourth-order valence-corrected chi connectivity index (χ4v) is 5.10. The van der Waals surface area contributed by atoms with Crippen LogP contribution in [-0.2, 0) is 6.18 Å². The van der Waals surface area contributed by atoms with Crippen molar-refractivity contribution in [3.05, 3.63) is 47.0 Å². The van der Waals surface area contributed by atoms with Crippen LogP contribution in [-0.4, -0.2) is 0 Å². The van der Waals surface area contributed by atoms with Gasteiger partial charge in [0.25, 0.3) is 0 Å². The largest absolute Gasteiger partial charge is 0.422 e. The topological polar surface area (TPSA) is 0 Å². The molecule has 0 aliphatic heterocycles. The first kappa shape index (κ1) is 22.8. The molecule has 0 atom stereocenters. The number of benzene rings is 1. The number of halogens is 5.